The molecule has 1 aromatic rings. The van der Waals surface area contributed by atoms with Crippen molar-refractivity contribution >= 4 is 27.3 Å². The predicted molar refractivity (Wildman–Crippen MR) is 85.9 cm³/mol. The zero-order chi connectivity index (χ0) is 17.8. The summed E-state index contributed by atoms with van der Waals surface area (Å²) >= 11 is 0. The van der Waals surface area contributed by atoms with Gasteiger partial charge in [0.1, 0.15) is 5.69 Å². The number of nitro benzene ring substituents is 1. The van der Waals surface area contributed by atoms with Crippen molar-refractivity contribution in [3.8, 4) is 0 Å². The van der Waals surface area contributed by atoms with Crippen LogP contribution in [0.2, 0.25) is 0 Å². The molecule has 1 amide bonds. The molecule has 0 fully saturated rings. The average molecular weight is 344 g/mol. The van der Waals surface area contributed by atoms with Gasteiger partial charge in [-0.05, 0) is 33.0 Å². The summed E-state index contributed by atoms with van der Waals surface area (Å²) in [6, 6.07) is 3.49. The first-order valence-corrected chi connectivity index (χ1v) is 8.29. The van der Waals surface area contributed by atoms with Gasteiger partial charge in [-0.15, -0.1) is 0 Å². The van der Waals surface area contributed by atoms with Crippen LogP contribution in [-0.4, -0.2) is 45.9 Å². The third kappa shape index (κ3) is 4.89. The Morgan fingerprint density at radius 1 is 1.39 bits per heavy atom. The summed E-state index contributed by atoms with van der Waals surface area (Å²) in [4.78, 5) is 23.5. The normalized spacial score (nSPS) is 11.3. The molecule has 9 nitrogen and oxygen atoms in total. The predicted octanol–water partition coefficient (Wildman–Crippen LogP) is 0.464. The van der Waals surface area contributed by atoms with Gasteiger partial charge in [-0.2, -0.15) is 0 Å². The van der Waals surface area contributed by atoms with Gasteiger partial charge in [-0.3, -0.25) is 14.9 Å². The van der Waals surface area contributed by atoms with Crippen LogP contribution in [0.3, 0.4) is 0 Å². The van der Waals surface area contributed by atoms with Gasteiger partial charge in [-0.25, -0.2) is 13.1 Å². The lowest BCUT2D eigenvalue weighted by Gasteiger charge is -2.20. The lowest BCUT2D eigenvalue weighted by Crippen LogP contribution is -2.38. The van der Waals surface area contributed by atoms with Crippen LogP contribution in [0.1, 0.15) is 13.8 Å². The molecule has 2 N–H and O–H groups in total. The highest BCUT2D eigenvalue weighted by atomic mass is 32.2. The fraction of sp³-hybridized carbons (Fsp3) is 0.462. The van der Waals surface area contributed by atoms with Crippen LogP contribution in [0.15, 0.2) is 23.1 Å². The van der Waals surface area contributed by atoms with Crippen LogP contribution in [0.4, 0.5) is 11.4 Å². The molecule has 0 heterocycles. The number of nitro groups is 1. The van der Waals surface area contributed by atoms with Gasteiger partial charge in [0.25, 0.3) is 5.69 Å². The summed E-state index contributed by atoms with van der Waals surface area (Å²) in [6.45, 7) is 3.52. The van der Waals surface area contributed by atoms with E-state index in [1.165, 1.54) is 31.1 Å². The molecule has 0 saturated carbocycles. The summed E-state index contributed by atoms with van der Waals surface area (Å²) in [7, 11) is -1.05. The molecular formula is C13H20N4O5S. The molecule has 0 aromatic heterocycles. The third-order valence-electron chi connectivity index (χ3n) is 2.96. The number of amides is 1. The first-order valence-electron chi connectivity index (χ1n) is 6.81. The van der Waals surface area contributed by atoms with Crippen molar-refractivity contribution < 1.29 is 18.1 Å². The lowest BCUT2D eigenvalue weighted by atomic mass is 10.2. The van der Waals surface area contributed by atoms with E-state index in [2.05, 4.69) is 10.0 Å². The highest BCUT2D eigenvalue weighted by molar-refractivity contribution is 7.89. The summed E-state index contributed by atoms with van der Waals surface area (Å²) in [5, 5.41) is 13.9. The van der Waals surface area contributed by atoms with Crippen LogP contribution in [0.25, 0.3) is 0 Å². The molecule has 0 saturated heterocycles. The summed E-state index contributed by atoms with van der Waals surface area (Å²) in [6.07, 6.45) is 0. The van der Waals surface area contributed by atoms with E-state index < -0.39 is 14.9 Å². The van der Waals surface area contributed by atoms with Crippen molar-refractivity contribution in [2.24, 2.45) is 0 Å². The molecule has 0 aliphatic heterocycles. The average Bonchev–Trinajstić information content (AvgIpc) is 2.45. The SMILES string of the molecule is CNS(=O)(=O)c1ccc(N(C)CC(=O)NC(C)C)c([N+](=O)[O-])c1. The quantitative estimate of drug-likeness (QED) is 0.547. The number of hydrogen-bond donors (Lipinski definition) is 2. The minimum absolute atomic E-state index is 0.0472. The minimum Gasteiger partial charge on any atom is -0.360 e. The second-order valence-electron chi connectivity index (χ2n) is 5.19. The number of anilines is 1. The minimum atomic E-state index is -3.79. The van der Waals surface area contributed by atoms with Gasteiger partial charge in [0.2, 0.25) is 15.9 Å². The Hall–Kier alpha value is -2.20. The highest BCUT2D eigenvalue weighted by Gasteiger charge is 2.23. The molecule has 1 rings (SSSR count). The van der Waals surface area contributed by atoms with Gasteiger partial charge in [0.05, 0.1) is 16.4 Å². The Bertz CT molecular complexity index is 702. The van der Waals surface area contributed by atoms with E-state index in [1.54, 1.807) is 13.8 Å². The number of nitrogens with zero attached hydrogens (tertiary/aromatic N) is 2. The van der Waals surface area contributed by atoms with Crippen LogP contribution in [-0.2, 0) is 14.8 Å². The zero-order valence-electron chi connectivity index (χ0n) is 13.4. The van der Waals surface area contributed by atoms with Gasteiger partial charge < -0.3 is 10.2 Å². The fourth-order valence-corrected chi connectivity index (χ4v) is 2.68. The van der Waals surface area contributed by atoms with E-state index in [1.807, 2.05) is 0 Å². The monoisotopic (exact) mass is 344 g/mol. The lowest BCUT2D eigenvalue weighted by molar-refractivity contribution is -0.384. The first-order chi connectivity index (χ1) is 10.6. The van der Waals surface area contributed by atoms with Crippen LogP contribution in [0.5, 0.6) is 0 Å². The molecule has 0 aliphatic carbocycles. The number of carbonyl (C=O) groups is 1. The first kappa shape index (κ1) is 18.8. The Morgan fingerprint density at radius 2 is 2.00 bits per heavy atom. The molecule has 1 aromatic carbocycles. The number of rotatable bonds is 7. The second kappa shape index (κ2) is 7.38. The Labute approximate surface area is 134 Å². The number of nitrogens with one attached hydrogen (secondary N) is 2. The van der Waals surface area contributed by atoms with Gasteiger partial charge in [0.15, 0.2) is 0 Å². The van der Waals surface area contributed by atoms with Crippen molar-refractivity contribution in [2.75, 3.05) is 25.5 Å². The number of hydrogen-bond acceptors (Lipinski definition) is 6. The second-order valence-corrected chi connectivity index (χ2v) is 7.08. The highest BCUT2D eigenvalue weighted by Crippen LogP contribution is 2.29. The molecule has 0 bridgehead atoms. The van der Waals surface area contributed by atoms with Crippen molar-refractivity contribution in [3.63, 3.8) is 0 Å². The molecular weight excluding hydrogens is 324 g/mol. The standard InChI is InChI=1S/C13H20N4O5S/c1-9(2)15-13(18)8-16(4)11-6-5-10(23(21,22)14-3)7-12(11)17(19)20/h5-7,9,14H,8H2,1-4H3,(H,15,18). The number of sulfonamides is 1. The molecule has 10 heteroatoms. The van der Waals surface area contributed by atoms with E-state index in [0.717, 1.165) is 6.07 Å². The van der Waals surface area contributed by atoms with Gasteiger partial charge >= 0.3 is 0 Å². The summed E-state index contributed by atoms with van der Waals surface area (Å²) < 4.78 is 25.6. The van der Waals surface area contributed by atoms with Crippen molar-refractivity contribution in [2.45, 2.75) is 24.8 Å². The van der Waals surface area contributed by atoms with E-state index >= 15 is 0 Å². The number of benzene rings is 1. The van der Waals surface area contributed by atoms with Crippen LogP contribution in [0, 0.1) is 10.1 Å². The number of likely N-dealkylation sites (N-methyl/N-ethyl adjacent to an activating group) is 1. The van der Waals surface area contributed by atoms with Gasteiger partial charge in [-0.1, -0.05) is 0 Å². The number of carbonyl (C=O) groups excluding carboxylic acids is 1. The third-order valence-corrected chi connectivity index (χ3v) is 4.38. The molecule has 0 spiro atoms. The Balaban J connectivity index is 3.16. The molecule has 0 unspecified atom stereocenters. The largest absolute Gasteiger partial charge is 0.360 e. The van der Waals surface area contributed by atoms with Crippen LogP contribution >= 0.6 is 0 Å². The van der Waals surface area contributed by atoms with E-state index in [-0.39, 0.29) is 34.8 Å². The van der Waals surface area contributed by atoms with E-state index in [0.29, 0.717) is 0 Å². The maximum atomic E-state index is 11.8. The Morgan fingerprint density at radius 3 is 2.48 bits per heavy atom. The molecule has 128 valence electrons. The molecule has 23 heavy (non-hydrogen) atoms. The maximum Gasteiger partial charge on any atom is 0.293 e. The van der Waals surface area contributed by atoms with Crippen molar-refractivity contribution in [1.82, 2.24) is 10.0 Å². The van der Waals surface area contributed by atoms with Crippen molar-refractivity contribution in [1.29, 1.82) is 0 Å². The topological polar surface area (TPSA) is 122 Å². The maximum absolute atomic E-state index is 11.8. The molecule has 0 aliphatic rings. The smallest absolute Gasteiger partial charge is 0.293 e. The zero-order valence-corrected chi connectivity index (χ0v) is 14.2. The fourth-order valence-electron chi connectivity index (χ4n) is 1.93. The van der Waals surface area contributed by atoms with Crippen LogP contribution < -0.4 is 14.9 Å². The Kier molecular flexibility index (Phi) is 6.05. The van der Waals surface area contributed by atoms with E-state index in [9.17, 15) is 23.3 Å². The van der Waals surface area contributed by atoms with Crippen molar-refractivity contribution in [3.05, 3.63) is 28.3 Å². The summed E-state index contributed by atoms with van der Waals surface area (Å²) in [5.41, 5.74) is -0.231. The van der Waals surface area contributed by atoms with E-state index in [4.69, 9.17) is 0 Å². The molecule has 0 atom stereocenters. The molecule has 0 radical (unpaired) electrons. The van der Waals surface area contributed by atoms with Gasteiger partial charge in [0, 0.05) is 19.2 Å². The summed E-state index contributed by atoms with van der Waals surface area (Å²) in [5.74, 6) is -0.288.